The summed E-state index contributed by atoms with van der Waals surface area (Å²) in [4.78, 5) is 13.2. The summed E-state index contributed by atoms with van der Waals surface area (Å²) in [5.41, 5.74) is 0.525. The Morgan fingerprint density at radius 3 is 3.06 bits per heavy atom. The number of amides is 1. The van der Waals surface area contributed by atoms with Gasteiger partial charge in [-0.1, -0.05) is 15.9 Å². The first-order chi connectivity index (χ1) is 7.72. The number of nitrogens with zero attached hydrogens (tertiary/aromatic N) is 1. The second-order valence-electron chi connectivity index (χ2n) is 3.49. The van der Waals surface area contributed by atoms with Crippen molar-refractivity contribution in [3.63, 3.8) is 0 Å². The molecule has 2 rings (SSSR count). The fourth-order valence-electron chi connectivity index (χ4n) is 1.64. The molecule has 0 fully saturated rings. The molecule has 1 amide bonds. The van der Waals surface area contributed by atoms with Gasteiger partial charge in [-0.3, -0.25) is 4.79 Å². The number of hydrogen-bond donors (Lipinski definition) is 0. The molecule has 86 valence electrons. The molecule has 1 aromatic carbocycles. The van der Waals surface area contributed by atoms with E-state index in [1.807, 2.05) is 0 Å². The van der Waals surface area contributed by atoms with Gasteiger partial charge in [0.25, 0.3) is 5.91 Å². The van der Waals surface area contributed by atoms with Crippen LogP contribution in [0.15, 0.2) is 18.2 Å². The SMILES string of the molecule is O=C1COc2ccc(F)cc2N1CCCBr. The summed E-state index contributed by atoms with van der Waals surface area (Å²) in [5.74, 6) is 0.0792. The molecular formula is C11H11BrFNO2. The average Bonchev–Trinajstić information content (AvgIpc) is 2.28. The lowest BCUT2D eigenvalue weighted by atomic mass is 10.2. The van der Waals surface area contributed by atoms with Crippen LogP contribution in [0, 0.1) is 5.82 Å². The van der Waals surface area contributed by atoms with Crippen molar-refractivity contribution < 1.29 is 13.9 Å². The van der Waals surface area contributed by atoms with Gasteiger partial charge in [0.15, 0.2) is 6.61 Å². The van der Waals surface area contributed by atoms with E-state index in [2.05, 4.69) is 15.9 Å². The van der Waals surface area contributed by atoms with E-state index in [0.717, 1.165) is 11.8 Å². The number of anilines is 1. The maximum atomic E-state index is 13.1. The second kappa shape index (κ2) is 4.82. The van der Waals surface area contributed by atoms with Crippen molar-refractivity contribution in [3.05, 3.63) is 24.0 Å². The zero-order valence-corrected chi connectivity index (χ0v) is 10.2. The summed E-state index contributed by atoms with van der Waals surface area (Å²) in [7, 11) is 0. The molecule has 1 aromatic rings. The molecule has 0 radical (unpaired) electrons. The van der Waals surface area contributed by atoms with Crippen LogP contribution in [-0.4, -0.2) is 24.4 Å². The van der Waals surface area contributed by atoms with Crippen LogP contribution in [0.1, 0.15) is 6.42 Å². The third kappa shape index (κ3) is 2.19. The van der Waals surface area contributed by atoms with Gasteiger partial charge in [0.2, 0.25) is 0 Å². The lowest BCUT2D eigenvalue weighted by Gasteiger charge is -2.29. The van der Waals surface area contributed by atoms with Gasteiger partial charge in [0.05, 0.1) is 5.69 Å². The van der Waals surface area contributed by atoms with Gasteiger partial charge in [0, 0.05) is 17.9 Å². The Hall–Kier alpha value is -1.10. The van der Waals surface area contributed by atoms with Gasteiger partial charge in [-0.2, -0.15) is 0 Å². The molecule has 0 unspecified atom stereocenters. The Labute approximate surface area is 101 Å². The standard InChI is InChI=1S/C11H11BrFNO2/c12-4-1-5-14-9-6-8(13)2-3-10(9)16-7-11(14)15/h2-3,6H,1,4-5,7H2. The Bertz CT molecular complexity index is 411. The van der Waals surface area contributed by atoms with Gasteiger partial charge < -0.3 is 9.64 Å². The Kier molecular flexibility index (Phi) is 3.43. The van der Waals surface area contributed by atoms with E-state index in [9.17, 15) is 9.18 Å². The predicted molar refractivity (Wildman–Crippen MR) is 62.7 cm³/mol. The molecule has 0 saturated heterocycles. The first kappa shape index (κ1) is 11.4. The molecule has 3 nitrogen and oxygen atoms in total. The normalized spacial score (nSPS) is 14.6. The van der Waals surface area contributed by atoms with E-state index >= 15 is 0 Å². The minimum atomic E-state index is -0.360. The predicted octanol–water partition coefficient (Wildman–Crippen LogP) is 2.34. The van der Waals surface area contributed by atoms with Crippen LogP contribution in [0.2, 0.25) is 0 Å². The number of hydrogen-bond acceptors (Lipinski definition) is 2. The highest BCUT2D eigenvalue weighted by molar-refractivity contribution is 9.09. The number of carbonyl (C=O) groups is 1. The van der Waals surface area contributed by atoms with E-state index in [4.69, 9.17) is 4.74 Å². The molecule has 1 aliphatic heterocycles. The van der Waals surface area contributed by atoms with Crippen molar-refractivity contribution in [2.24, 2.45) is 0 Å². The van der Waals surface area contributed by atoms with E-state index in [0.29, 0.717) is 18.0 Å². The molecule has 0 saturated carbocycles. The molecule has 0 aliphatic carbocycles. The van der Waals surface area contributed by atoms with Crippen molar-refractivity contribution >= 4 is 27.5 Å². The first-order valence-electron chi connectivity index (χ1n) is 5.01. The Balaban J connectivity index is 2.31. The van der Waals surface area contributed by atoms with Gasteiger partial charge in [-0.05, 0) is 18.6 Å². The van der Waals surface area contributed by atoms with Gasteiger partial charge in [0.1, 0.15) is 11.6 Å². The Morgan fingerprint density at radius 2 is 2.31 bits per heavy atom. The quantitative estimate of drug-likeness (QED) is 0.799. The van der Waals surface area contributed by atoms with Crippen LogP contribution >= 0.6 is 15.9 Å². The molecule has 0 N–H and O–H groups in total. The third-order valence-corrected chi connectivity index (χ3v) is 2.94. The minimum Gasteiger partial charge on any atom is -0.482 e. The summed E-state index contributed by atoms with van der Waals surface area (Å²) in [6.07, 6.45) is 0.821. The van der Waals surface area contributed by atoms with Crippen molar-refractivity contribution in [1.82, 2.24) is 0 Å². The zero-order valence-electron chi connectivity index (χ0n) is 8.58. The molecular weight excluding hydrogens is 277 g/mol. The molecule has 1 heterocycles. The summed E-state index contributed by atoms with van der Waals surface area (Å²) < 4.78 is 18.3. The summed E-state index contributed by atoms with van der Waals surface area (Å²) in [5, 5.41) is 0.808. The lowest BCUT2D eigenvalue weighted by molar-refractivity contribution is -0.121. The molecule has 16 heavy (non-hydrogen) atoms. The Morgan fingerprint density at radius 1 is 1.50 bits per heavy atom. The van der Waals surface area contributed by atoms with Crippen molar-refractivity contribution in [3.8, 4) is 5.75 Å². The number of fused-ring (bicyclic) bond motifs is 1. The molecule has 1 aliphatic rings. The van der Waals surface area contributed by atoms with Crippen LogP contribution in [0.3, 0.4) is 0 Å². The maximum Gasteiger partial charge on any atom is 0.265 e. The van der Waals surface area contributed by atoms with Crippen LogP contribution in [-0.2, 0) is 4.79 Å². The first-order valence-corrected chi connectivity index (χ1v) is 6.13. The van der Waals surface area contributed by atoms with Gasteiger partial charge in [-0.25, -0.2) is 4.39 Å². The highest BCUT2D eigenvalue weighted by Crippen LogP contribution is 2.32. The molecule has 0 aromatic heterocycles. The highest BCUT2D eigenvalue weighted by Gasteiger charge is 2.25. The number of alkyl halides is 1. The fraction of sp³-hybridized carbons (Fsp3) is 0.364. The number of carbonyl (C=O) groups excluding carboxylic acids is 1. The maximum absolute atomic E-state index is 13.1. The topological polar surface area (TPSA) is 29.5 Å². The van der Waals surface area contributed by atoms with Crippen molar-refractivity contribution in [2.45, 2.75) is 6.42 Å². The number of benzene rings is 1. The lowest BCUT2D eigenvalue weighted by Crippen LogP contribution is -2.39. The second-order valence-corrected chi connectivity index (χ2v) is 4.28. The average molecular weight is 288 g/mol. The van der Waals surface area contributed by atoms with E-state index in [-0.39, 0.29) is 18.3 Å². The zero-order chi connectivity index (χ0) is 11.5. The highest BCUT2D eigenvalue weighted by atomic mass is 79.9. The largest absolute Gasteiger partial charge is 0.482 e. The number of halogens is 2. The van der Waals surface area contributed by atoms with Crippen molar-refractivity contribution in [1.29, 1.82) is 0 Å². The molecule has 0 bridgehead atoms. The number of rotatable bonds is 3. The molecule has 5 heteroatoms. The monoisotopic (exact) mass is 287 g/mol. The van der Waals surface area contributed by atoms with E-state index in [1.165, 1.54) is 12.1 Å². The van der Waals surface area contributed by atoms with E-state index < -0.39 is 0 Å². The van der Waals surface area contributed by atoms with Crippen LogP contribution < -0.4 is 9.64 Å². The van der Waals surface area contributed by atoms with Crippen LogP contribution in [0.5, 0.6) is 5.75 Å². The molecule has 0 spiro atoms. The molecule has 0 atom stereocenters. The van der Waals surface area contributed by atoms with Crippen LogP contribution in [0.25, 0.3) is 0 Å². The smallest absolute Gasteiger partial charge is 0.265 e. The summed E-state index contributed by atoms with van der Waals surface area (Å²) in [6.45, 7) is 0.602. The van der Waals surface area contributed by atoms with E-state index in [1.54, 1.807) is 11.0 Å². The van der Waals surface area contributed by atoms with Crippen LogP contribution in [0.4, 0.5) is 10.1 Å². The minimum absolute atomic E-state index is 0.0287. The van der Waals surface area contributed by atoms with Gasteiger partial charge >= 0.3 is 0 Å². The summed E-state index contributed by atoms with van der Waals surface area (Å²) in [6, 6.07) is 4.22. The fourth-order valence-corrected chi connectivity index (χ4v) is 1.89. The van der Waals surface area contributed by atoms with Gasteiger partial charge in [-0.15, -0.1) is 0 Å². The summed E-state index contributed by atoms with van der Waals surface area (Å²) >= 11 is 3.31. The van der Waals surface area contributed by atoms with Crippen molar-refractivity contribution in [2.75, 3.05) is 23.4 Å². The third-order valence-electron chi connectivity index (χ3n) is 2.38. The number of ether oxygens (including phenoxy) is 1.